The Bertz CT molecular complexity index is 8520. The molecule has 0 radical (unpaired) electrons. The summed E-state index contributed by atoms with van der Waals surface area (Å²) >= 11 is 0. The van der Waals surface area contributed by atoms with Crippen molar-refractivity contribution in [3.05, 3.63) is 297 Å². The molecule has 0 unspecified atom stereocenters. The third kappa shape index (κ3) is 22.0. The average molecular weight is 1960 g/mol. The highest BCUT2D eigenvalue weighted by molar-refractivity contribution is 6.13. The molecule has 0 N–H and O–H groups in total. The largest absolute Gasteiger partial charge is 0.437 e. The summed E-state index contributed by atoms with van der Waals surface area (Å²) in [4.78, 5) is 24.1. The SMILES string of the molecule is CCc1ccc2c(n1)oc1c(-c3cc(CC(C)C)cc[n+]3C)c(C)ccc12.Cc1ccc2c(n1)oc1c(-c3cc(CC(C)C)cc[n+]3C)c(C)ccc12.Cc1ccc2c(oc3nc(C4CCCC4)ccc32)c1-c1ccc(CC(C)(C)C)c[n+]1C.Cc1ccc2c(oc3nc(C4CCCCC4)ccc32)c1-c1ccc(CC(C)(C)C)c[n+]1C.[2H]C1(c2ccc3c(n2)oc2c(-c4ccc(C([2H])([2H])C(C)(C)C)c[n+]4C)c(C)ccc23)CCCC1. The highest BCUT2D eigenvalue weighted by atomic mass is 16.4. The molecular formula is C132H153N10O5+5. The number of benzene rings is 5. The number of hydrogen-bond acceptors (Lipinski definition) is 10. The second-order valence-electron chi connectivity index (χ2n) is 46.9. The molecule has 23 rings (SSSR count). The Balaban J connectivity index is 0.000000118. The van der Waals surface area contributed by atoms with Gasteiger partial charge in [0.25, 0.3) is 0 Å². The molecule has 20 aromatic rings. The van der Waals surface area contributed by atoms with Gasteiger partial charge in [-0.1, -0.05) is 203 Å². The maximum atomic E-state index is 8.85. The lowest BCUT2D eigenvalue weighted by molar-refractivity contribution is -0.660. The zero-order valence-electron chi connectivity index (χ0n) is 94.8. The van der Waals surface area contributed by atoms with Gasteiger partial charge in [-0.05, 0) is 264 Å². The van der Waals surface area contributed by atoms with Gasteiger partial charge < -0.3 is 22.1 Å². The molecule has 3 saturated carbocycles. The summed E-state index contributed by atoms with van der Waals surface area (Å²) in [7, 11) is 10.4. The van der Waals surface area contributed by atoms with Gasteiger partial charge in [-0.2, -0.15) is 0 Å². The van der Waals surface area contributed by atoms with Crippen LogP contribution in [-0.2, 0) is 73.7 Å². The molecule has 15 heteroatoms. The minimum absolute atomic E-state index is 0.269. The molecule has 3 aliphatic carbocycles. The summed E-state index contributed by atoms with van der Waals surface area (Å²) < 4.78 is 68.9. The third-order valence-electron chi connectivity index (χ3n) is 30.1. The maximum Gasteiger partial charge on any atom is 0.227 e. The van der Waals surface area contributed by atoms with E-state index in [4.69, 9.17) is 46.1 Å². The lowest BCUT2D eigenvalue weighted by atomic mass is 9.86. The molecule has 756 valence electrons. The van der Waals surface area contributed by atoms with Crippen molar-refractivity contribution < 1.29 is 49.0 Å². The smallest absolute Gasteiger partial charge is 0.227 e. The lowest BCUT2D eigenvalue weighted by Crippen LogP contribution is -2.32. The number of hydrogen-bond donors (Lipinski definition) is 0. The molecular weight excluding hydrogens is 1810 g/mol. The average Bonchev–Trinajstić information content (AvgIpc) is 1.60. The van der Waals surface area contributed by atoms with Crippen molar-refractivity contribution in [2.75, 3.05) is 0 Å². The van der Waals surface area contributed by atoms with E-state index in [2.05, 4.69) is 345 Å². The highest BCUT2D eigenvalue weighted by Crippen LogP contribution is 2.47. The van der Waals surface area contributed by atoms with E-state index >= 15 is 0 Å². The van der Waals surface area contributed by atoms with Crippen LogP contribution in [0.4, 0.5) is 0 Å². The van der Waals surface area contributed by atoms with E-state index in [1.807, 2.05) is 69.8 Å². The molecule has 15 aromatic heterocycles. The quantitative estimate of drug-likeness (QED) is 0.0856. The molecule has 0 spiro atoms. The van der Waals surface area contributed by atoms with Crippen LogP contribution < -0.4 is 22.8 Å². The van der Waals surface area contributed by atoms with Crippen molar-refractivity contribution in [1.29, 1.82) is 0 Å². The Morgan fingerprint density at radius 3 is 0.973 bits per heavy atom. The van der Waals surface area contributed by atoms with Crippen LogP contribution in [0.5, 0.6) is 0 Å². The minimum atomic E-state index is -1.46. The molecule has 3 aliphatic rings. The molecule has 147 heavy (non-hydrogen) atoms. The van der Waals surface area contributed by atoms with Crippen LogP contribution in [0.15, 0.2) is 235 Å². The van der Waals surface area contributed by atoms with Crippen LogP contribution in [0.25, 0.3) is 167 Å². The summed E-state index contributed by atoms with van der Waals surface area (Å²) in [6.45, 7) is 43.3. The van der Waals surface area contributed by atoms with E-state index in [0.29, 0.717) is 40.7 Å². The minimum Gasteiger partial charge on any atom is -0.437 e. The van der Waals surface area contributed by atoms with Gasteiger partial charge in [0.1, 0.15) is 35.2 Å². The predicted molar refractivity (Wildman–Crippen MR) is 603 cm³/mol. The summed E-state index contributed by atoms with van der Waals surface area (Å²) in [6, 6.07) is 64.9. The Labute approximate surface area is 873 Å². The lowest BCUT2D eigenvalue weighted by Gasteiger charge is -2.20. The van der Waals surface area contributed by atoms with Crippen molar-refractivity contribution in [3.63, 3.8) is 0 Å². The fourth-order valence-electron chi connectivity index (χ4n) is 23.0. The van der Waals surface area contributed by atoms with Crippen LogP contribution >= 0.6 is 0 Å². The fourth-order valence-corrected chi connectivity index (χ4v) is 23.0. The van der Waals surface area contributed by atoms with Gasteiger partial charge in [0.15, 0.2) is 58.9 Å². The summed E-state index contributed by atoms with van der Waals surface area (Å²) in [5, 5.41) is 10.9. The zero-order chi connectivity index (χ0) is 106. The number of nitrogens with zero attached hydrogens (tertiary/aromatic N) is 10. The molecule has 0 atom stereocenters. The fraction of sp³-hybridized carbons (Fsp3) is 0.394. The molecule has 0 bridgehead atoms. The summed E-state index contributed by atoms with van der Waals surface area (Å²) in [5.74, 6) is 1.82. The number of fused-ring (bicyclic) bond motifs is 15. The number of furan rings is 5. The van der Waals surface area contributed by atoms with Gasteiger partial charge in [0.2, 0.25) is 57.0 Å². The first-order valence-electron chi connectivity index (χ1n) is 55.5. The van der Waals surface area contributed by atoms with Gasteiger partial charge in [-0.25, -0.2) is 47.8 Å². The van der Waals surface area contributed by atoms with E-state index in [0.717, 1.165) is 202 Å². The molecule has 5 aromatic carbocycles. The number of pyridine rings is 10. The molecule has 0 aliphatic heterocycles. The first-order chi connectivity index (χ1) is 71.4. The number of aromatic nitrogens is 10. The second kappa shape index (κ2) is 42.1. The van der Waals surface area contributed by atoms with Gasteiger partial charge in [-0.15, -0.1) is 0 Å². The van der Waals surface area contributed by atoms with Crippen molar-refractivity contribution in [2.45, 2.75) is 278 Å². The molecule has 15 nitrogen and oxygen atoms in total. The first kappa shape index (κ1) is 98.3. The molecule has 0 saturated heterocycles. The van der Waals surface area contributed by atoms with Crippen molar-refractivity contribution in [3.8, 4) is 56.3 Å². The van der Waals surface area contributed by atoms with Crippen LogP contribution in [0, 0.1) is 69.6 Å². The molecule has 3 fully saturated rings. The Morgan fingerprint density at radius 1 is 0.313 bits per heavy atom. The van der Waals surface area contributed by atoms with Gasteiger partial charge in [0.05, 0.1) is 27.8 Å². The van der Waals surface area contributed by atoms with Gasteiger partial charge in [-0.3, -0.25) is 0 Å². The van der Waals surface area contributed by atoms with Crippen molar-refractivity contribution in [1.82, 2.24) is 24.9 Å². The van der Waals surface area contributed by atoms with E-state index in [9.17, 15) is 0 Å². The predicted octanol–water partition coefficient (Wildman–Crippen LogP) is 32.3. The van der Waals surface area contributed by atoms with Gasteiger partial charge in [0, 0.05) is 163 Å². The molecule has 0 amide bonds. The molecule has 15 heterocycles. The highest BCUT2D eigenvalue weighted by Gasteiger charge is 2.33. The topological polar surface area (TPSA) is 150 Å². The third-order valence-corrected chi connectivity index (χ3v) is 30.1. The number of aryl methyl sites for hydroxylation is 12. The van der Waals surface area contributed by atoms with Crippen LogP contribution in [0.3, 0.4) is 0 Å². The van der Waals surface area contributed by atoms with E-state index < -0.39 is 17.7 Å². The second-order valence-corrected chi connectivity index (χ2v) is 46.9. The Kier molecular flexibility index (Phi) is 28.1. The summed E-state index contributed by atoms with van der Waals surface area (Å²) in [6.07, 6.45) is 29.9. The van der Waals surface area contributed by atoms with Crippen LogP contribution in [0.1, 0.15) is 286 Å². The first-order valence-corrected chi connectivity index (χ1v) is 54.0. The van der Waals surface area contributed by atoms with Crippen LogP contribution in [-0.4, -0.2) is 24.9 Å². The normalized spacial score (nSPS) is 14.8. The Hall–Kier alpha value is -13.4. The monoisotopic (exact) mass is 1960 g/mol. The van der Waals surface area contributed by atoms with Crippen molar-refractivity contribution >= 4 is 110 Å². The van der Waals surface area contributed by atoms with Crippen molar-refractivity contribution in [2.24, 2.45) is 63.3 Å². The number of rotatable bonds is 16. The standard InChI is InChI=1S/C29H35N2O.2C28H33N2O.C24H27N2O.C23H25N2O/c1-19-11-13-22-23-14-15-24(21-9-7-6-8-10-21)30-28(23)32-27(22)26(19)25-16-12-20(18-31(25)5)17-29(2,3)4;2*1-18-10-12-21-22-13-14-23(20-8-6-7-9-20)29-27(22)31-26(21)25(18)24-15-11-19(17-30(24)5)16-28(2,3)4;1-6-18-8-10-20-19-9-7-16(4)22(23(19)27-24(20)25-18)21-14-17(13-15(2)3)11-12-26(21)5;1-14(2)12-17-10-11-25(5)20(13-17)21-15(3)6-8-18-19-9-7-16(4)24-23(19)26-22(18)21/h11-16,18,21H,6-10,17H2,1-5H3;2*10-15,17,20H,6-9,16H2,1-5H3;7-12,14-15H,6,13H2,1-5H3;6-11,13-14H,12H2,1-5H3/q5*+1/i;16D2,20D;;;. The van der Waals surface area contributed by atoms with E-state index in [1.54, 1.807) is 0 Å². The maximum absolute atomic E-state index is 8.85. The van der Waals surface area contributed by atoms with E-state index in [-0.39, 0.29) is 10.8 Å². The van der Waals surface area contributed by atoms with E-state index in [1.165, 1.54) is 148 Å². The summed E-state index contributed by atoms with van der Waals surface area (Å²) in [5.41, 5.74) is 36.8. The van der Waals surface area contributed by atoms with Gasteiger partial charge >= 0.3 is 0 Å². The van der Waals surface area contributed by atoms with Crippen LogP contribution in [0.2, 0.25) is 0 Å². The zero-order valence-corrected chi connectivity index (χ0v) is 91.8. The Morgan fingerprint density at radius 2 is 0.619 bits per heavy atom.